The minimum absolute atomic E-state index is 0.186. The maximum Gasteiger partial charge on any atom is 0.253 e. The molecule has 0 saturated carbocycles. The van der Waals surface area contributed by atoms with Crippen LogP contribution in [-0.4, -0.2) is 15.0 Å². The topological polar surface area (TPSA) is 84.7 Å². The fourth-order valence-corrected chi connectivity index (χ4v) is 2.07. The Morgan fingerprint density at radius 3 is 2.74 bits per heavy atom. The van der Waals surface area contributed by atoms with E-state index in [1.54, 1.807) is 0 Å². The van der Waals surface area contributed by atoms with Crippen LogP contribution in [0.4, 0.5) is 5.82 Å². The molecule has 0 atom stereocenters. The second-order valence-electron chi connectivity index (χ2n) is 4.36. The second kappa shape index (κ2) is 4.20. The Kier molecular flexibility index (Phi) is 2.52. The number of nitrogens with two attached hydrogens (primary N) is 1. The average Bonchev–Trinajstić information content (AvgIpc) is 2.37. The van der Waals surface area contributed by atoms with Gasteiger partial charge in [0.2, 0.25) is 0 Å². The lowest BCUT2D eigenvalue weighted by Crippen LogP contribution is -2.10. The summed E-state index contributed by atoms with van der Waals surface area (Å²) in [5, 5.41) is 1.08. The highest BCUT2D eigenvalue weighted by Gasteiger charge is 2.07. The lowest BCUT2D eigenvalue weighted by atomic mass is 10.1. The molecule has 3 aromatic rings. The van der Waals surface area contributed by atoms with Crippen molar-refractivity contribution in [2.75, 3.05) is 5.73 Å². The van der Waals surface area contributed by atoms with Crippen molar-refractivity contribution in [1.29, 1.82) is 0 Å². The highest BCUT2D eigenvalue weighted by atomic mass is 16.1. The van der Waals surface area contributed by atoms with Crippen LogP contribution in [0, 0.1) is 6.92 Å². The molecule has 0 aliphatic heterocycles. The number of aromatic nitrogens is 3. The molecule has 0 spiro atoms. The average molecular weight is 252 g/mol. The number of nitrogens with zero attached hydrogens (tertiary/aromatic N) is 2. The summed E-state index contributed by atoms with van der Waals surface area (Å²) in [6.45, 7) is 2.00. The molecule has 2 heterocycles. The first-order valence-electron chi connectivity index (χ1n) is 5.87. The Morgan fingerprint density at radius 2 is 1.95 bits per heavy atom. The lowest BCUT2D eigenvalue weighted by Gasteiger charge is -2.06. The van der Waals surface area contributed by atoms with E-state index in [0.29, 0.717) is 11.5 Å². The van der Waals surface area contributed by atoms with Crippen LogP contribution < -0.4 is 11.3 Å². The molecule has 19 heavy (non-hydrogen) atoms. The van der Waals surface area contributed by atoms with E-state index >= 15 is 0 Å². The first kappa shape index (κ1) is 11.4. The Hall–Kier alpha value is -2.69. The van der Waals surface area contributed by atoms with Gasteiger partial charge < -0.3 is 10.7 Å². The van der Waals surface area contributed by atoms with Gasteiger partial charge in [-0.15, -0.1) is 0 Å². The number of nitrogens with one attached hydrogen (secondary N) is 1. The summed E-state index contributed by atoms with van der Waals surface area (Å²) in [6, 6.07) is 11.0. The third kappa shape index (κ3) is 2.06. The van der Waals surface area contributed by atoms with Crippen molar-refractivity contribution in [1.82, 2.24) is 15.0 Å². The number of aromatic amines is 1. The molecule has 2 aromatic heterocycles. The van der Waals surface area contributed by atoms with E-state index in [0.717, 1.165) is 16.5 Å². The van der Waals surface area contributed by atoms with Crippen molar-refractivity contribution < 1.29 is 0 Å². The molecule has 5 nitrogen and oxygen atoms in total. The molecule has 3 N–H and O–H groups in total. The Balaban J connectivity index is 2.28. The van der Waals surface area contributed by atoms with E-state index in [4.69, 9.17) is 5.73 Å². The molecule has 3 rings (SSSR count). The molecular weight excluding hydrogens is 240 g/mol. The number of hydrogen-bond donors (Lipinski definition) is 2. The van der Waals surface area contributed by atoms with Crippen LogP contribution in [0.25, 0.3) is 22.4 Å². The van der Waals surface area contributed by atoms with Crippen LogP contribution in [0.5, 0.6) is 0 Å². The highest BCUT2D eigenvalue weighted by molar-refractivity contribution is 5.84. The number of fused-ring (bicyclic) bond motifs is 1. The predicted molar refractivity (Wildman–Crippen MR) is 74.7 cm³/mol. The first-order chi connectivity index (χ1) is 9.13. The van der Waals surface area contributed by atoms with Crippen molar-refractivity contribution in [2.45, 2.75) is 6.92 Å². The Morgan fingerprint density at radius 1 is 1.16 bits per heavy atom. The molecule has 5 heteroatoms. The van der Waals surface area contributed by atoms with Gasteiger partial charge in [0, 0.05) is 11.5 Å². The molecule has 0 fully saturated rings. The van der Waals surface area contributed by atoms with E-state index < -0.39 is 0 Å². The maximum atomic E-state index is 11.4. The van der Waals surface area contributed by atoms with Gasteiger partial charge in [-0.2, -0.15) is 0 Å². The largest absolute Gasteiger partial charge is 0.383 e. The minimum atomic E-state index is -0.282. The summed E-state index contributed by atoms with van der Waals surface area (Å²) in [4.78, 5) is 22.7. The maximum absolute atomic E-state index is 11.4. The normalized spacial score (nSPS) is 10.8. The number of nitrogen functional groups attached to an aromatic ring is 1. The van der Waals surface area contributed by atoms with Gasteiger partial charge in [0.15, 0.2) is 5.82 Å². The summed E-state index contributed by atoms with van der Waals surface area (Å²) < 4.78 is 0. The number of anilines is 1. The SMILES string of the molecule is Cc1cc(-c2nc(N)cc(=O)[nH]2)nc2ccccc12. The van der Waals surface area contributed by atoms with Crippen molar-refractivity contribution in [3.05, 3.63) is 52.3 Å². The van der Waals surface area contributed by atoms with E-state index in [2.05, 4.69) is 15.0 Å². The van der Waals surface area contributed by atoms with Gasteiger partial charge in [-0.1, -0.05) is 18.2 Å². The number of para-hydroxylation sites is 1. The Labute approximate surface area is 109 Å². The number of hydrogen-bond acceptors (Lipinski definition) is 4. The smallest absolute Gasteiger partial charge is 0.253 e. The number of pyridine rings is 1. The quantitative estimate of drug-likeness (QED) is 0.692. The third-order valence-electron chi connectivity index (χ3n) is 2.93. The highest BCUT2D eigenvalue weighted by Crippen LogP contribution is 2.21. The van der Waals surface area contributed by atoms with Crippen LogP contribution in [-0.2, 0) is 0 Å². The summed E-state index contributed by atoms with van der Waals surface area (Å²) in [5.74, 6) is 0.574. The number of rotatable bonds is 1. The second-order valence-corrected chi connectivity index (χ2v) is 4.36. The van der Waals surface area contributed by atoms with Crippen LogP contribution in [0.15, 0.2) is 41.2 Å². The molecule has 1 aromatic carbocycles. The van der Waals surface area contributed by atoms with Crippen molar-refractivity contribution in [2.24, 2.45) is 0 Å². The van der Waals surface area contributed by atoms with Gasteiger partial charge in [-0.05, 0) is 24.6 Å². The van der Waals surface area contributed by atoms with Crippen LogP contribution in [0.3, 0.4) is 0 Å². The molecule has 0 aliphatic rings. The number of aryl methyl sites for hydroxylation is 1. The molecule has 0 saturated heterocycles. The zero-order valence-electron chi connectivity index (χ0n) is 10.3. The lowest BCUT2D eigenvalue weighted by molar-refractivity contribution is 1.11. The van der Waals surface area contributed by atoms with Gasteiger partial charge in [0.1, 0.15) is 11.5 Å². The van der Waals surface area contributed by atoms with E-state index in [9.17, 15) is 4.79 Å². The van der Waals surface area contributed by atoms with Crippen LogP contribution >= 0.6 is 0 Å². The van der Waals surface area contributed by atoms with Crippen LogP contribution in [0.1, 0.15) is 5.56 Å². The van der Waals surface area contributed by atoms with E-state index in [1.165, 1.54) is 6.07 Å². The summed E-state index contributed by atoms with van der Waals surface area (Å²) >= 11 is 0. The van der Waals surface area contributed by atoms with Crippen molar-refractivity contribution in [3.8, 4) is 11.5 Å². The summed E-state index contributed by atoms with van der Waals surface area (Å²) in [6.07, 6.45) is 0. The fraction of sp³-hybridized carbons (Fsp3) is 0.0714. The summed E-state index contributed by atoms with van der Waals surface area (Å²) in [7, 11) is 0. The summed E-state index contributed by atoms with van der Waals surface area (Å²) in [5.41, 5.74) is 7.86. The van der Waals surface area contributed by atoms with Crippen LogP contribution in [0.2, 0.25) is 0 Å². The van der Waals surface area contributed by atoms with E-state index in [-0.39, 0.29) is 11.4 Å². The molecule has 0 aliphatic carbocycles. The number of H-pyrrole nitrogens is 1. The molecular formula is C14H12N4O. The van der Waals surface area contributed by atoms with Gasteiger partial charge in [0.25, 0.3) is 5.56 Å². The molecule has 94 valence electrons. The Bertz CT molecular complexity index is 823. The van der Waals surface area contributed by atoms with Gasteiger partial charge in [0.05, 0.1) is 5.52 Å². The molecule has 0 unspecified atom stereocenters. The van der Waals surface area contributed by atoms with Gasteiger partial charge >= 0.3 is 0 Å². The zero-order valence-corrected chi connectivity index (χ0v) is 10.3. The first-order valence-corrected chi connectivity index (χ1v) is 5.87. The molecule has 0 radical (unpaired) electrons. The van der Waals surface area contributed by atoms with Crippen molar-refractivity contribution in [3.63, 3.8) is 0 Å². The number of benzene rings is 1. The molecule has 0 amide bonds. The monoisotopic (exact) mass is 252 g/mol. The van der Waals surface area contributed by atoms with Gasteiger partial charge in [-0.25, -0.2) is 9.97 Å². The third-order valence-corrected chi connectivity index (χ3v) is 2.93. The molecule has 0 bridgehead atoms. The predicted octanol–water partition coefficient (Wildman–Crippen LogP) is 1.88. The standard InChI is InChI=1S/C14H12N4O/c1-8-6-11(14-17-12(15)7-13(19)18-14)16-10-5-3-2-4-9(8)10/h2-7H,1H3,(H3,15,17,18,19). The van der Waals surface area contributed by atoms with E-state index in [1.807, 2.05) is 37.3 Å². The fourth-order valence-electron chi connectivity index (χ4n) is 2.07. The minimum Gasteiger partial charge on any atom is -0.383 e. The van der Waals surface area contributed by atoms with Gasteiger partial charge in [-0.3, -0.25) is 4.79 Å². The van der Waals surface area contributed by atoms with Crippen molar-refractivity contribution >= 4 is 16.7 Å². The zero-order chi connectivity index (χ0) is 13.4.